The quantitative estimate of drug-likeness (QED) is 0.775. The molecule has 2 amide bonds. The Labute approximate surface area is 111 Å². The number of hydrogen-bond donors (Lipinski definition) is 2. The molecule has 0 saturated carbocycles. The molecule has 19 heavy (non-hydrogen) atoms. The highest BCUT2D eigenvalue weighted by Crippen LogP contribution is 2.10. The summed E-state index contributed by atoms with van der Waals surface area (Å²) in [7, 11) is 1.31. The first-order valence-corrected chi connectivity index (χ1v) is 5.75. The predicted octanol–water partition coefficient (Wildman–Crippen LogP) is 0.938. The second-order valence-corrected chi connectivity index (χ2v) is 3.85. The van der Waals surface area contributed by atoms with Crippen LogP contribution in [0.3, 0.4) is 0 Å². The van der Waals surface area contributed by atoms with Gasteiger partial charge in [-0.15, -0.1) is 0 Å². The molecule has 0 fully saturated rings. The van der Waals surface area contributed by atoms with Gasteiger partial charge in [0, 0.05) is 25.6 Å². The lowest BCUT2D eigenvalue weighted by atomic mass is 10.2. The summed E-state index contributed by atoms with van der Waals surface area (Å²) in [5, 5.41) is 5.19. The standard InChI is InChI=1S/C13H16N2O4/c1-9(16)14-8-7-12(17)15-11-5-3-10(4-6-11)13(18)19-2/h3-6H,7-8H2,1-2H3,(H,14,16)(H,15,17). The Hall–Kier alpha value is -2.37. The van der Waals surface area contributed by atoms with Crippen molar-refractivity contribution < 1.29 is 19.1 Å². The van der Waals surface area contributed by atoms with Gasteiger partial charge in [0.25, 0.3) is 0 Å². The van der Waals surface area contributed by atoms with Gasteiger partial charge in [0.1, 0.15) is 0 Å². The van der Waals surface area contributed by atoms with Crippen molar-refractivity contribution in [3.8, 4) is 0 Å². The number of amides is 2. The summed E-state index contributed by atoms with van der Waals surface area (Å²) in [6.45, 7) is 1.69. The zero-order valence-corrected chi connectivity index (χ0v) is 10.9. The van der Waals surface area contributed by atoms with E-state index in [0.717, 1.165) is 0 Å². The van der Waals surface area contributed by atoms with Crippen molar-refractivity contribution in [2.24, 2.45) is 0 Å². The highest BCUT2D eigenvalue weighted by Gasteiger charge is 2.06. The number of methoxy groups -OCH3 is 1. The van der Waals surface area contributed by atoms with Gasteiger partial charge in [-0.3, -0.25) is 9.59 Å². The number of ether oxygens (including phenoxy) is 1. The van der Waals surface area contributed by atoms with Gasteiger partial charge in [-0.25, -0.2) is 4.79 Å². The fourth-order valence-corrected chi connectivity index (χ4v) is 1.38. The summed E-state index contributed by atoms with van der Waals surface area (Å²) >= 11 is 0. The van der Waals surface area contributed by atoms with Gasteiger partial charge in [0.2, 0.25) is 11.8 Å². The third kappa shape index (κ3) is 5.20. The van der Waals surface area contributed by atoms with Crippen LogP contribution in [0.25, 0.3) is 0 Å². The number of nitrogens with one attached hydrogen (secondary N) is 2. The summed E-state index contributed by atoms with van der Waals surface area (Å²) < 4.78 is 4.57. The Bertz CT molecular complexity index is 468. The molecule has 0 radical (unpaired) electrons. The van der Waals surface area contributed by atoms with E-state index >= 15 is 0 Å². The van der Waals surface area contributed by atoms with Crippen molar-refractivity contribution in [2.75, 3.05) is 19.0 Å². The molecule has 0 spiro atoms. The lowest BCUT2D eigenvalue weighted by Crippen LogP contribution is -2.25. The molecule has 0 bridgehead atoms. The first-order chi connectivity index (χ1) is 9.02. The lowest BCUT2D eigenvalue weighted by molar-refractivity contribution is -0.119. The summed E-state index contributed by atoms with van der Waals surface area (Å²) in [4.78, 5) is 33.3. The Morgan fingerprint density at radius 1 is 1.16 bits per heavy atom. The van der Waals surface area contributed by atoms with Crippen molar-refractivity contribution in [3.63, 3.8) is 0 Å². The first kappa shape index (κ1) is 14.7. The molecular weight excluding hydrogens is 248 g/mol. The molecule has 0 aliphatic heterocycles. The molecule has 0 unspecified atom stereocenters. The summed E-state index contributed by atoms with van der Waals surface area (Å²) in [6.07, 6.45) is 0.193. The van der Waals surface area contributed by atoms with Crippen molar-refractivity contribution in [2.45, 2.75) is 13.3 Å². The van der Waals surface area contributed by atoms with Crippen molar-refractivity contribution in [1.29, 1.82) is 0 Å². The highest BCUT2D eigenvalue weighted by molar-refractivity contribution is 5.93. The van der Waals surface area contributed by atoms with Crippen LogP contribution < -0.4 is 10.6 Å². The van der Waals surface area contributed by atoms with Crippen molar-refractivity contribution in [1.82, 2.24) is 5.32 Å². The molecule has 2 N–H and O–H groups in total. The maximum Gasteiger partial charge on any atom is 0.337 e. The Balaban J connectivity index is 2.46. The van der Waals surface area contributed by atoms with Crippen LogP contribution in [0.2, 0.25) is 0 Å². The van der Waals surface area contributed by atoms with Gasteiger partial charge in [-0.05, 0) is 24.3 Å². The summed E-state index contributed by atoms with van der Waals surface area (Å²) in [6, 6.07) is 6.36. The molecule has 1 rings (SSSR count). The number of anilines is 1. The highest BCUT2D eigenvalue weighted by atomic mass is 16.5. The molecule has 1 aromatic rings. The Kier molecular flexibility index (Phi) is 5.53. The summed E-state index contributed by atoms with van der Waals surface area (Å²) in [5.74, 6) is -0.807. The minimum atomic E-state index is -0.427. The molecule has 0 atom stereocenters. The number of carbonyl (C=O) groups is 3. The fraction of sp³-hybridized carbons (Fsp3) is 0.308. The van der Waals surface area contributed by atoms with Crippen LogP contribution in [-0.4, -0.2) is 31.4 Å². The third-order valence-electron chi connectivity index (χ3n) is 2.32. The summed E-state index contributed by atoms with van der Waals surface area (Å²) in [5.41, 5.74) is 0.999. The normalized spacial score (nSPS) is 9.58. The Morgan fingerprint density at radius 2 is 1.79 bits per heavy atom. The molecule has 6 heteroatoms. The van der Waals surface area contributed by atoms with Gasteiger partial charge in [-0.2, -0.15) is 0 Å². The second kappa shape index (κ2) is 7.15. The molecular formula is C13H16N2O4. The lowest BCUT2D eigenvalue weighted by Gasteiger charge is -2.06. The van der Waals surface area contributed by atoms with E-state index in [1.165, 1.54) is 14.0 Å². The fourth-order valence-electron chi connectivity index (χ4n) is 1.38. The second-order valence-electron chi connectivity index (χ2n) is 3.85. The van der Waals surface area contributed by atoms with E-state index in [1.54, 1.807) is 24.3 Å². The predicted molar refractivity (Wildman–Crippen MR) is 69.7 cm³/mol. The van der Waals surface area contributed by atoms with E-state index in [0.29, 0.717) is 17.8 Å². The van der Waals surface area contributed by atoms with E-state index in [1.807, 2.05) is 0 Å². The first-order valence-electron chi connectivity index (χ1n) is 5.75. The number of carbonyl (C=O) groups excluding carboxylic acids is 3. The molecule has 0 aromatic heterocycles. The zero-order valence-electron chi connectivity index (χ0n) is 10.9. The van der Waals surface area contributed by atoms with E-state index in [-0.39, 0.29) is 18.2 Å². The molecule has 0 heterocycles. The van der Waals surface area contributed by atoms with Gasteiger partial charge >= 0.3 is 5.97 Å². The van der Waals surface area contributed by atoms with Gasteiger partial charge in [-0.1, -0.05) is 0 Å². The van der Waals surface area contributed by atoms with E-state index in [9.17, 15) is 14.4 Å². The average molecular weight is 264 g/mol. The maximum atomic E-state index is 11.5. The number of benzene rings is 1. The minimum absolute atomic E-state index is 0.171. The largest absolute Gasteiger partial charge is 0.465 e. The maximum absolute atomic E-state index is 11.5. The van der Waals surface area contributed by atoms with Crippen LogP contribution in [0.5, 0.6) is 0 Å². The molecule has 6 nitrogen and oxygen atoms in total. The Morgan fingerprint density at radius 3 is 2.32 bits per heavy atom. The number of esters is 1. The van der Waals surface area contributed by atoms with E-state index in [2.05, 4.69) is 15.4 Å². The number of rotatable bonds is 5. The van der Waals surface area contributed by atoms with Crippen LogP contribution >= 0.6 is 0 Å². The molecule has 102 valence electrons. The van der Waals surface area contributed by atoms with Gasteiger partial charge in [0.15, 0.2) is 0 Å². The topological polar surface area (TPSA) is 84.5 Å². The monoisotopic (exact) mass is 264 g/mol. The number of hydrogen-bond acceptors (Lipinski definition) is 4. The molecule has 0 saturated heterocycles. The van der Waals surface area contributed by atoms with Crippen molar-refractivity contribution in [3.05, 3.63) is 29.8 Å². The van der Waals surface area contributed by atoms with E-state index in [4.69, 9.17) is 0 Å². The smallest absolute Gasteiger partial charge is 0.337 e. The molecule has 1 aromatic carbocycles. The zero-order chi connectivity index (χ0) is 14.3. The van der Waals surface area contributed by atoms with Crippen LogP contribution in [0.4, 0.5) is 5.69 Å². The third-order valence-corrected chi connectivity index (χ3v) is 2.32. The van der Waals surface area contributed by atoms with Gasteiger partial charge < -0.3 is 15.4 Å². The van der Waals surface area contributed by atoms with E-state index < -0.39 is 5.97 Å². The van der Waals surface area contributed by atoms with Crippen molar-refractivity contribution >= 4 is 23.5 Å². The van der Waals surface area contributed by atoms with Crippen LogP contribution in [0, 0.1) is 0 Å². The van der Waals surface area contributed by atoms with Gasteiger partial charge in [0.05, 0.1) is 12.7 Å². The minimum Gasteiger partial charge on any atom is -0.465 e. The molecule has 0 aliphatic carbocycles. The SMILES string of the molecule is COC(=O)c1ccc(NC(=O)CCNC(C)=O)cc1. The molecule has 0 aliphatic rings. The van der Waals surface area contributed by atoms with Crippen LogP contribution in [0.15, 0.2) is 24.3 Å². The van der Waals surface area contributed by atoms with Crippen LogP contribution in [0.1, 0.15) is 23.7 Å². The average Bonchev–Trinajstić information content (AvgIpc) is 2.38. The van der Waals surface area contributed by atoms with Crippen LogP contribution in [-0.2, 0) is 14.3 Å².